The zero-order valence-corrected chi connectivity index (χ0v) is 19.8. The first-order chi connectivity index (χ1) is 16.0. The highest BCUT2D eigenvalue weighted by Crippen LogP contribution is 2.30. The highest BCUT2D eigenvalue weighted by molar-refractivity contribution is 5.69. The quantitative estimate of drug-likeness (QED) is 0.440. The highest BCUT2D eigenvalue weighted by atomic mass is 15.2. The summed E-state index contributed by atoms with van der Waals surface area (Å²) in [5.74, 6) is 1.37. The van der Waals surface area contributed by atoms with Crippen LogP contribution in [0, 0.1) is 6.92 Å². The molecule has 172 valence electrons. The van der Waals surface area contributed by atoms with Gasteiger partial charge in [0.2, 0.25) is 5.95 Å². The summed E-state index contributed by atoms with van der Waals surface area (Å²) in [6, 6.07) is 19.4. The topological polar surface area (TPSA) is 56.3 Å². The molecule has 1 aliphatic rings. The van der Waals surface area contributed by atoms with Crippen LogP contribution in [0.2, 0.25) is 0 Å². The summed E-state index contributed by atoms with van der Waals surface area (Å²) < 4.78 is 0. The van der Waals surface area contributed by atoms with Crippen molar-refractivity contribution in [1.82, 2.24) is 14.9 Å². The van der Waals surface area contributed by atoms with E-state index in [2.05, 4.69) is 78.3 Å². The average molecular weight is 443 g/mol. The van der Waals surface area contributed by atoms with E-state index in [0.717, 1.165) is 29.3 Å². The lowest BCUT2D eigenvalue weighted by molar-refractivity contribution is 0.322. The molecule has 2 heterocycles. The Morgan fingerprint density at radius 1 is 1.21 bits per heavy atom. The molecule has 2 aromatic carbocycles. The molecule has 4 rings (SSSR count). The fourth-order valence-electron chi connectivity index (χ4n) is 4.40. The fourth-order valence-corrected chi connectivity index (χ4v) is 4.40. The van der Waals surface area contributed by atoms with Crippen LogP contribution in [0.1, 0.15) is 36.9 Å². The van der Waals surface area contributed by atoms with Gasteiger partial charge in [0, 0.05) is 30.7 Å². The maximum Gasteiger partial charge on any atom is 0.225 e. The predicted octanol–water partition coefficient (Wildman–Crippen LogP) is 5.75. The molecule has 1 aromatic heterocycles. The molecule has 3 aromatic rings. The van der Waals surface area contributed by atoms with Crippen molar-refractivity contribution in [1.29, 1.82) is 0 Å². The summed E-state index contributed by atoms with van der Waals surface area (Å²) >= 11 is 0. The molecule has 0 saturated carbocycles. The lowest BCUT2D eigenvalue weighted by Crippen LogP contribution is -2.31. The van der Waals surface area contributed by atoms with E-state index in [1.165, 1.54) is 24.9 Å². The normalized spacial score (nSPS) is 16.9. The van der Waals surface area contributed by atoms with Crippen LogP contribution in [-0.4, -0.2) is 41.0 Å². The zero-order chi connectivity index (χ0) is 23.2. The molecule has 0 radical (unpaired) electrons. The van der Waals surface area contributed by atoms with E-state index in [0.29, 0.717) is 12.0 Å². The number of hydrogen-bond donors (Lipinski definition) is 2. The third kappa shape index (κ3) is 5.52. The smallest absolute Gasteiger partial charge is 0.225 e. The summed E-state index contributed by atoms with van der Waals surface area (Å²) in [4.78, 5) is 13.6. The van der Waals surface area contributed by atoms with Crippen molar-refractivity contribution in [3.63, 3.8) is 0 Å². The van der Waals surface area contributed by atoms with Crippen molar-refractivity contribution >= 4 is 23.1 Å². The second-order valence-corrected chi connectivity index (χ2v) is 8.73. The van der Waals surface area contributed by atoms with Crippen molar-refractivity contribution < 1.29 is 0 Å². The van der Waals surface area contributed by atoms with Crippen LogP contribution in [0.3, 0.4) is 0 Å². The number of aryl methyl sites for hydroxylation is 1. The molecule has 6 heteroatoms. The van der Waals surface area contributed by atoms with Crippen LogP contribution in [0.25, 0.3) is 0 Å². The molecule has 33 heavy (non-hydrogen) atoms. The number of likely N-dealkylation sites (N-methyl/N-ethyl adjacent to an activating group) is 1. The van der Waals surface area contributed by atoms with Gasteiger partial charge in [-0.2, -0.15) is 4.98 Å². The van der Waals surface area contributed by atoms with Gasteiger partial charge in [0.05, 0.1) is 11.7 Å². The van der Waals surface area contributed by atoms with Gasteiger partial charge in [-0.25, -0.2) is 4.98 Å². The Morgan fingerprint density at radius 2 is 2.03 bits per heavy atom. The first kappa shape index (κ1) is 22.8. The fraction of sp³-hybridized carbons (Fsp3) is 0.333. The van der Waals surface area contributed by atoms with Gasteiger partial charge in [0.15, 0.2) is 0 Å². The molecule has 1 unspecified atom stereocenters. The summed E-state index contributed by atoms with van der Waals surface area (Å²) in [5.41, 5.74) is 4.54. The van der Waals surface area contributed by atoms with Crippen LogP contribution in [0.5, 0.6) is 0 Å². The van der Waals surface area contributed by atoms with Crippen LogP contribution in [-0.2, 0) is 0 Å². The van der Waals surface area contributed by atoms with Gasteiger partial charge in [-0.15, -0.1) is 0 Å². The first-order valence-corrected chi connectivity index (χ1v) is 11.7. The average Bonchev–Trinajstić information content (AvgIpc) is 3.25. The summed E-state index contributed by atoms with van der Waals surface area (Å²) in [6.07, 6.45) is 6.13. The van der Waals surface area contributed by atoms with Gasteiger partial charge in [0.1, 0.15) is 5.82 Å². The molecule has 6 nitrogen and oxygen atoms in total. The van der Waals surface area contributed by atoms with Gasteiger partial charge in [-0.05, 0) is 75.7 Å². The molecule has 1 fully saturated rings. The Hall–Kier alpha value is -3.38. The van der Waals surface area contributed by atoms with E-state index >= 15 is 0 Å². The predicted molar refractivity (Wildman–Crippen MR) is 138 cm³/mol. The van der Waals surface area contributed by atoms with Crippen molar-refractivity contribution in [3.05, 3.63) is 84.7 Å². The third-order valence-corrected chi connectivity index (χ3v) is 6.39. The number of hydrogen-bond acceptors (Lipinski definition) is 6. The maximum absolute atomic E-state index is 4.76. The number of nitrogens with one attached hydrogen (secondary N) is 2. The van der Waals surface area contributed by atoms with E-state index in [1.54, 1.807) is 12.4 Å². The van der Waals surface area contributed by atoms with Crippen LogP contribution >= 0.6 is 0 Å². The van der Waals surface area contributed by atoms with E-state index < -0.39 is 0 Å². The van der Waals surface area contributed by atoms with Gasteiger partial charge in [-0.1, -0.05) is 36.9 Å². The third-order valence-electron chi connectivity index (χ3n) is 6.39. The second-order valence-electron chi connectivity index (χ2n) is 8.73. The highest BCUT2D eigenvalue weighted by Gasteiger charge is 2.20. The standard InChI is InChI=1S/C27H34N6/c1-5-33(25-14-13-23(18-20(25)2)29-19-24-12-9-17-32(24)4)26-15-16-28-27(31-26)30-21(3)22-10-7-6-8-11-22/h5-8,10-11,13-16,18,21,24,29H,1,9,12,17,19H2,2-4H3,(H,28,30,31)/t21-,24?/m0/s1. The van der Waals surface area contributed by atoms with Gasteiger partial charge >= 0.3 is 0 Å². The molecular weight excluding hydrogens is 408 g/mol. The van der Waals surface area contributed by atoms with Crippen molar-refractivity contribution in [2.24, 2.45) is 0 Å². The van der Waals surface area contributed by atoms with Crippen LogP contribution < -0.4 is 15.5 Å². The molecule has 0 aliphatic carbocycles. The lowest BCUT2D eigenvalue weighted by atomic mass is 10.1. The Morgan fingerprint density at radius 3 is 2.73 bits per heavy atom. The largest absolute Gasteiger partial charge is 0.383 e. The van der Waals surface area contributed by atoms with Crippen molar-refractivity contribution in [2.45, 2.75) is 38.8 Å². The van der Waals surface area contributed by atoms with Crippen molar-refractivity contribution in [3.8, 4) is 0 Å². The minimum atomic E-state index is 0.102. The monoisotopic (exact) mass is 442 g/mol. The van der Waals surface area contributed by atoms with Crippen LogP contribution in [0.15, 0.2) is 73.6 Å². The number of rotatable bonds is 9. The minimum absolute atomic E-state index is 0.102. The number of anilines is 4. The summed E-state index contributed by atoms with van der Waals surface area (Å²) in [6.45, 7) is 10.4. The minimum Gasteiger partial charge on any atom is -0.383 e. The molecular formula is C27H34N6. The number of aromatic nitrogens is 2. The Kier molecular flexibility index (Phi) is 7.25. The lowest BCUT2D eigenvalue weighted by Gasteiger charge is -2.24. The first-order valence-electron chi connectivity index (χ1n) is 11.7. The van der Waals surface area contributed by atoms with Crippen molar-refractivity contribution in [2.75, 3.05) is 35.7 Å². The number of likely N-dealkylation sites (tertiary alicyclic amines) is 1. The van der Waals surface area contributed by atoms with Gasteiger partial charge < -0.3 is 20.4 Å². The Balaban J connectivity index is 1.47. The Labute approximate surface area is 197 Å². The van der Waals surface area contributed by atoms with E-state index in [1.807, 2.05) is 29.2 Å². The van der Waals surface area contributed by atoms with E-state index in [9.17, 15) is 0 Å². The summed E-state index contributed by atoms with van der Waals surface area (Å²) in [7, 11) is 2.21. The second kappa shape index (κ2) is 10.5. The molecule has 2 atom stereocenters. The number of nitrogens with zero attached hydrogens (tertiary/aromatic N) is 4. The van der Waals surface area contributed by atoms with Crippen LogP contribution in [0.4, 0.5) is 23.1 Å². The Bertz CT molecular complexity index is 1070. The van der Waals surface area contributed by atoms with E-state index in [-0.39, 0.29) is 6.04 Å². The van der Waals surface area contributed by atoms with E-state index in [4.69, 9.17) is 4.98 Å². The summed E-state index contributed by atoms with van der Waals surface area (Å²) in [5, 5.41) is 7.01. The SMILES string of the molecule is C=CN(c1ccnc(N[C@@H](C)c2ccccc2)n1)c1ccc(NCC2CCCN2C)cc1C. The molecule has 1 saturated heterocycles. The number of benzene rings is 2. The van der Waals surface area contributed by atoms with Gasteiger partial charge in [0.25, 0.3) is 0 Å². The molecule has 1 aliphatic heterocycles. The van der Waals surface area contributed by atoms with Gasteiger partial charge in [-0.3, -0.25) is 0 Å². The molecule has 0 bridgehead atoms. The molecule has 0 amide bonds. The molecule has 2 N–H and O–H groups in total. The maximum atomic E-state index is 4.76. The zero-order valence-electron chi connectivity index (χ0n) is 19.8. The molecule has 0 spiro atoms.